The first kappa shape index (κ1) is 20.1. The second kappa shape index (κ2) is 7.19. The average Bonchev–Trinajstić information content (AvgIpc) is 2.50. The summed E-state index contributed by atoms with van der Waals surface area (Å²) in [4.78, 5) is 21.0. The molecule has 0 atom stereocenters. The second-order valence-electron chi connectivity index (χ2n) is 5.06. The maximum Gasteiger partial charge on any atom is 0.418 e. The quantitative estimate of drug-likeness (QED) is 0.391. The molecule has 7 nitrogen and oxygen atoms in total. The predicted octanol–water partition coefficient (Wildman–Crippen LogP) is 5.81. The van der Waals surface area contributed by atoms with Crippen molar-refractivity contribution in [1.82, 2.24) is 0 Å². The van der Waals surface area contributed by atoms with Gasteiger partial charge in [-0.1, -0.05) is 31.9 Å². The number of alkyl halides is 3. The summed E-state index contributed by atoms with van der Waals surface area (Å²) in [5.74, 6) is 0. The Morgan fingerprint density at radius 1 is 0.962 bits per heavy atom. The number of nitro benzene ring substituents is 2. The third-order valence-electron chi connectivity index (χ3n) is 3.36. The molecule has 0 N–H and O–H groups in total. The second-order valence-corrected chi connectivity index (χ2v) is 6.89. The predicted molar refractivity (Wildman–Crippen MR) is 94.7 cm³/mol. The van der Waals surface area contributed by atoms with Gasteiger partial charge in [-0.05, 0) is 18.2 Å². The van der Waals surface area contributed by atoms with Crippen molar-refractivity contribution >= 4 is 54.6 Å². The normalized spacial score (nSPS) is 11.3. The van der Waals surface area contributed by atoms with Gasteiger partial charge in [0.15, 0.2) is 0 Å². The highest BCUT2D eigenvalue weighted by Gasteiger charge is 2.41. The minimum absolute atomic E-state index is 0.203. The van der Waals surface area contributed by atoms with Crippen LogP contribution in [0.25, 0.3) is 0 Å². The van der Waals surface area contributed by atoms with Gasteiger partial charge in [-0.2, -0.15) is 13.2 Å². The third kappa shape index (κ3) is 4.12. The van der Waals surface area contributed by atoms with Crippen LogP contribution >= 0.6 is 31.9 Å². The van der Waals surface area contributed by atoms with Crippen molar-refractivity contribution in [2.24, 2.45) is 0 Å². The summed E-state index contributed by atoms with van der Waals surface area (Å²) in [6, 6.07) is 5.33. The summed E-state index contributed by atoms with van der Waals surface area (Å²) in [5.41, 5.74) is -4.11. The number of non-ortho nitro benzene ring substituents is 1. The fourth-order valence-electron chi connectivity index (χ4n) is 2.28. The smallest absolute Gasteiger partial charge is 0.338 e. The first-order valence-electron chi connectivity index (χ1n) is 6.65. The topological polar surface area (TPSA) is 89.5 Å². The summed E-state index contributed by atoms with van der Waals surface area (Å²) in [7, 11) is 1.21. The van der Waals surface area contributed by atoms with Gasteiger partial charge in [-0.3, -0.25) is 20.2 Å². The van der Waals surface area contributed by atoms with Crippen molar-refractivity contribution < 1.29 is 23.0 Å². The maximum atomic E-state index is 13.5. The molecule has 0 saturated heterocycles. The van der Waals surface area contributed by atoms with Gasteiger partial charge in [0.25, 0.3) is 11.4 Å². The van der Waals surface area contributed by atoms with E-state index in [1.807, 2.05) is 0 Å². The molecule has 2 aromatic carbocycles. The molecule has 0 radical (unpaired) electrons. The molecule has 2 aromatic rings. The van der Waals surface area contributed by atoms with Gasteiger partial charge in [-0.15, -0.1) is 0 Å². The monoisotopic (exact) mass is 497 g/mol. The van der Waals surface area contributed by atoms with E-state index in [4.69, 9.17) is 0 Å². The Labute approximate surface area is 161 Å². The van der Waals surface area contributed by atoms with Crippen LogP contribution < -0.4 is 4.90 Å². The number of hydrogen-bond donors (Lipinski definition) is 0. The summed E-state index contributed by atoms with van der Waals surface area (Å²) >= 11 is 6.38. The SMILES string of the molecule is CN(c1cc(Br)cc(Br)c1)c1c([N+](=O)[O-])cc([N+](=O)[O-])cc1C(F)(F)F. The van der Waals surface area contributed by atoms with E-state index < -0.39 is 38.6 Å². The van der Waals surface area contributed by atoms with E-state index in [0.29, 0.717) is 15.0 Å². The minimum Gasteiger partial charge on any atom is -0.338 e. The lowest BCUT2D eigenvalue weighted by atomic mass is 10.1. The highest BCUT2D eigenvalue weighted by molar-refractivity contribution is 9.11. The number of nitrogens with zero attached hydrogens (tertiary/aromatic N) is 3. The first-order chi connectivity index (χ1) is 11.9. The Kier molecular flexibility index (Phi) is 5.56. The number of rotatable bonds is 4. The average molecular weight is 499 g/mol. The standard InChI is InChI=1S/C14H8Br2F3N3O4/c1-20(9-3-7(15)2-8(16)4-9)13-11(14(17,18)19)5-10(21(23)24)6-12(13)22(25)26/h2-6H,1H3. The molecule has 0 unspecified atom stereocenters. The van der Waals surface area contributed by atoms with Gasteiger partial charge in [0.05, 0.1) is 21.5 Å². The van der Waals surface area contributed by atoms with Gasteiger partial charge in [0.1, 0.15) is 5.69 Å². The zero-order valence-electron chi connectivity index (χ0n) is 12.8. The van der Waals surface area contributed by atoms with Gasteiger partial charge < -0.3 is 4.90 Å². The molecule has 0 aliphatic rings. The number of anilines is 2. The van der Waals surface area contributed by atoms with Crippen molar-refractivity contribution in [2.75, 3.05) is 11.9 Å². The zero-order chi connectivity index (χ0) is 19.8. The number of halogens is 5. The van der Waals surface area contributed by atoms with E-state index >= 15 is 0 Å². The van der Waals surface area contributed by atoms with Crippen LogP contribution in [-0.2, 0) is 6.18 Å². The first-order valence-corrected chi connectivity index (χ1v) is 8.24. The summed E-state index contributed by atoms with van der Waals surface area (Å²) < 4.78 is 41.5. The number of hydrogen-bond acceptors (Lipinski definition) is 5. The fourth-order valence-corrected chi connectivity index (χ4v) is 3.55. The van der Waals surface area contributed by atoms with Crippen LogP contribution in [0.2, 0.25) is 0 Å². The molecular weight excluding hydrogens is 491 g/mol. The van der Waals surface area contributed by atoms with Gasteiger partial charge >= 0.3 is 6.18 Å². The molecule has 26 heavy (non-hydrogen) atoms. The highest BCUT2D eigenvalue weighted by atomic mass is 79.9. The molecule has 0 amide bonds. The van der Waals surface area contributed by atoms with Crippen LogP contribution in [0.5, 0.6) is 0 Å². The van der Waals surface area contributed by atoms with Crippen molar-refractivity contribution in [3.8, 4) is 0 Å². The Balaban J connectivity index is 2.84. The van der Waals surface area contributed by atoms with E-state index in [9.17, 15) is 33.4 Å². The van der Waals surface area contributed by atoms with Gasteiger partial charge in [0, 0.05) is 27.7 Å². The van der Waals surface area contributed by atoms with E-state index in [0.717, 1.165) is 4.90 Å². The lowest BCUT2D eigenvalue weighted by Crippen LogP contribution is -2.19. The van der Waals surface area contributed by atoms with Crippen molar-refractivity contribution in [2.45, 2.75) is 6.18 Å². The van der Waals surface area contributed by atoms with Crippen LogP contribution in [0.15, 0.2) is 39.3 Å². The molecule has 12 heteroatoms. The Hall–Kier alpha value is -2.21. The van der Waals surface area contributed by atoms with Crippen molar-refractivity contribution in [1.29, 1.82) is 0 Å². The van der Waals surface area contributed by atoms with E-state index in [1.54, 1.807) is 6.07 Å². The minimum atomic E-state index is -5.04. The molecule has 2 rings (SSSR count). The van der Waals surface area contributed by atoms with Crippen LogP contribution in [0, 0.1) is 20.2 Å². The molecule has 0 bridgehead atoms. The molecular formula is C14H8Br2F3N3O4. The summed E-state index contributed by atoms with van der Waals surface area (Å²) in [5, 5.41) is 22.2. The molecule has 138 valence electrons. The Morgan fingerprint density at radius 3 is 1.92 bits per heavy atom. The van der Waals surface area contributed by atoms with E-state index in [2.05, 4.69) is 31.9 Å². The third-order valence-corrected chi connectivity index (χ3v) is 4.27. The molecule has 0 aromatic heterocycles. The van der Waals surface area contributed by atoms with Crippen LogP contribution in [0.1, 0.15) is 5.56 Å². The lowest BCUT2D eigenvalue weighted by Gasteiger charge is -2.23. The zero-order valence-corrected chi connectivity index (χ0v) is 15.9. The van der Waals surface area contributed by atoms with Crippen LogP contribution in [-0.4, -0.2) is 16.9 Å². The Bertz CT molecular complexity index is 885. The molecule has 0 saturated carbocycles. The van der Waals surface area contributed by atoms with Crippen LogP contribution in [0.4, 0.5) is 35.9 Å². The number of nitro groups is 2. The Morgan fingerprint density at radius 2 is 1.50 bits per heavy atom. The molecule has 0 aliphatic carbocycles. The van der Waals surface area contributed by atoms with Gasteiger partial charge in [0.2, 0.25) is 0 Å². The molecule has 0 heterocycles. The summed E-state index contributed by atoms with van der Waals surface area (Å²) in [6.45, 7) is 0. The van der Waals surface area contributed by atoms with Crippen molar-refractivity contribution in [3.05, 3.63) is 65.1 Å². The van der Waals surface area contributed by atoms with E-state index in [1.165, 1.54) is 19.2 Å². The molecule has 0 fully saturated rings. The summed E-state index contributed by atoms with van der Waals surface area (Å²) in [6.07, 6.45) is -5.04. The fraction of sp³-hybridized carbons (Fsp3) is 0.143. The van der Waals surface area contributed by atoms with Gasteiger partial charge in [-0.25, -0.2) is 0 Å². The largest absolute Gasteiger partial charge is 0.418 e. The van der Waals surface area contributed by atoms with E-state index in [-0.39, 0.29) is 11.8 Å². The van der Waals surface area contributed by atoms with Crippen molar-refractivity contribution in [3.63, 3.8) is 0 Å². The molecule has 0 aliphatic heterocycles. The van der Waals surface area contributed by atoms with Crippen LogP contribution in [0.3, 0.4) is 0 Å². The molecule has 0 spiro atoms. The highest BCUT2D eigenvalue weighted by Crippen LogP contribution is 2.46. The number of benzene rings is 2. The maximum absolute atomic E-state index is 13.5. The lowest BCUT2D eigenvalue weighted by molar-refractivity contribution is -0.394.